The average molecular weight is 485 g/mol. The number of aromatic nitrogens is 1. The van der Waals surface area contributed by atoms with Crippen LogP contribution in [0.4, 0.5) is 0 Å². The van der Waals surface area contributed by atoms with E-state index in [4.69, 9.17) is 4.42 Å². The molecule has 0 atom stereocenters. The molecule has 3 N–H and O–H groups in total. The van der Waals surface area contributed by atoms with Crippen molar-refractivity contribution in [3.63, 3.8) is 0 Å². The maximum absolute atomic E-state index is 12.1. The van der Waals surface area contributed by atoms with Crippen LogP contribution in [0.2, 0.25) is 0 Å². The second-order valence-electron chi connectivity index (χ2n) is 5.98. The highest BCUT2D eigenvalue weighted by Crippen LogP contribution is 2.08. The second-order valence-corrected chi connectivity index (χ2v) is 5.98. The maximum atomic E-state index is 12.1. The van der Waals surface area contributed by atoms with Gasteiger partial charge in [-0.3, -0.25) is 9.79 Å². The third-order valence-corrected chi connectivity index (χ3v) is 3.89. The molecule has 7 nitrogen and oxygen atoms in total. The molecular formula is C19H28IN5O2. The summed E-state index contributed by atoms with van der Waals surface area (Å²) in [4.78, 5) is 20.6. The van der Waals surface area contributed by atoms with Crippen molar-refractivity contribution in [3.8, 4) is 0 Å². The minimum Gasteiger partial charge on any atom is -0.444 e. The molecule has 0 aliphatic rings. The maximum Gasteiger partial charge on any atom is 0.251 e. The van der Waals surface area contributed by atoms with Crippen molar-refractivity contribution >= 4 is 35.8 Å². The van der Waals surface area contributed by atoms with Gasteiger partial charge in [-0.1, -0.05) is 19.1 Å². The zero-order valence-electron chi connectivity index (χ0n) is 16.3. The Morgan fingerprint density at radius 2 is 1.93 bits per heavy atom. The number of hydrogen-bond acceptors (Lipinski definition) is 4. The molecule has 0 saturated heterocycles. The van der Waals surface area contributed by atoms with Gasteiger partial charge in [0.15, 0.2) is 5.96 Å². The molecule has 0 fully saturated rings. The normalized spacial score (nSPS) is 10.9. The van der Waals surface area contributed by atoms with Crippen molar-refractivity contribution in [1.82, 2.24) is 20.9 Å². The number of guanidine groups is 1. The van der Waals surface area contributed by atoms with Crippen LogP contribution in [-0.2, 0) is 13.1 Å². The van der Waals surface area contributed by atoms with Crippen LogP contribution in [0, 0.1) is 13.8 Å². The minimum absolute atomic E-state index is 0. The number of halogens is 1. The van der Waals surface area contributed by atoms with E-state index in [9.17, 15) is 4.79 Å². The molecule has 2 rings (SSSR count). The number of rotatable bonds is 7. The van der Waals surface area contributed by atoms with Crippen molar-refractivity contribution in [2.45, 2.75) is 40.3 Å². The molecule has 0 unspecified atom stereocenters. The van der Waals surface area contributed by atoms with Crippen LogP contribution in [0.3, 0.4) is 0 Å². The number of benzene rings is 1. The fourth-order valence-electron chi connectivity index (χ4n) is 2.34. The molecule has 0 bridgehead atoms. The van der Waals surface area contributed by atoms with Gasteiger partial charge >= 0.3 is 0 Å². The van der Waals surface area contributed by atoms with E-state index in [0.29, 0.717) is 37.0 Å². The summed E-state index contributed by atoms with van der Waals surface area (Å²) in [7, 11) is 1.70. The zero-order valence-corrected chi connectivity index (χ0v) is 18.6. The molecular weight excluding hydrogens is 457 g/mol. The van der Waals surface area contributed by atoms with Crippen molar-refractivity contribution in [2.24, 2.45) is 4.99 Å². The van der Waals surface area contributed by atoms with E-state index in [1.165, 1.54) is 0 Å². The third-order valence-electron chi connectivity index (χ3n) is 3.89. The molecule has 8 heteroatoms. The van der Waals surface area contributed by atoms with Crippen LogP contribution in [0.15, 0.2) is 33.7 Å². The first-order chi connectivity index (χ1) is 12.5. The molecule has 0 radical (unpaired) electrons. The average Bonchev–Trinajstić information content (AvgIpc) is 2.97. The van der Waals surface area contributed by atoms with Gasteiger partial charge in [-0.05, 0) is 38.0 Å². The van der Waals surface area contributed by atoms with E-state index < -0.39 is 0 Å². The number of aliphatic imine (C=N–C) groups is 1. The number of aryl methyl sites for hydroxylation is 2. The van der Waals surface area contributed by atoms with Crippen molar-refractivity contribution < 1.29 is 9.21 Å². The van der Waals surface area contributed by atoms with E-state index in [-0.39, 0.29) is 29.9 Å². The lowest BCUT2D eigenvalue weighted by Gasteiger charge is -2.11. The molecule has 1 heterocycles. The first-order valence-corrected chi connectivity index (χ1v) is 8.78. The summed E-state index contributed by atoms with van der Waals surface area (Å²) in [5, 5.41) is 9.27. The highest BCUT2D eigenvalue weighted by molar-refractivity contribution is 14.0. The van der Waals surface area contributed by atoms with E-state index in [0.717, 1.165) is 23.4 Å². The summed E-state index contributed by atoms with van der Waals surface area (Å²) in [6.07, 6.45) is 0.915. The van der Waals surface area contributed by atoms with Gasteiger partial charge in [-0.2, -0.15) is 0 Å². The van der Waals surface area contributed by atoms with Crippen LogP contribution in [0.5, 0.6) is 0 Å². The SMILES string of the molecule is CCCNC(=O)c1cccc(CNC(=NC)NCc2nc(C)c(C)o2)c1.I. The smallest absolute Gasteiger partial charge is 0.251 e. The summed E-state index contributed by atoms with van der Waals surface area (Å²) < 4.78 is 5.55. The molecule has 1 aromatic heterocycles. The Morgan fingerprint density at radius 1 is 1.19 bits per heavy atom. The Kier molecular flexibility index (Phi) is 9.84. The standard InChI is InChI=1S/C19H27N5O2.HI/c1-5-9-21-18(25)16-8-6-7-15(10-16)11-22-19(20-4)23-12-17-24-13(2)14(3)26-17;/h6-8,10H,5,9,11-12H2,1-4H3,(H,21,25)(H2,20,22,23);1H. The van der Waals surface area contributed by atoms with E-state index >= 15 is 0 Å². The highest BCUT2D eigenvalue weighted by atomic mass is 127. The van der Waals surface area contributed by atoms with E-state index in [1.54, 1.807) is 7.05 Å². The summed E-state index contributed by atoms with van der Waals surface area (Å²) in [5.74, 6) is 2.03. The molecule has 27 heavy (non-hydrogen) atoms. The lowest BCUT2D eigenvalue weighted by Crippen LogP contribution is -2.36. The van der Waals surface area contributed by atoms with Gasteiger partial charge in [0, 0.05) is 25.7 Å². The predicted octanol–water partition coefficient (Wildman–Crippen LogP) is 2.91. The lowest BCUT2D eigenvalue weighted by molar-refractivity contribution is 0.0953. The number of carbonyl (C=O) groups is 1. The third kappa shape index (κ3) is 7.20. The van der Waals surface area contributed by atoms with Gasteiger partial charge in [0.2, 0.25) is 5.89 Å². The van der Waals surface area contributed by atoms with Gasteiger partial charge in [0.1, 0.15) is 5.76 Å². The molecule has 1 aromatic carbocycles. The Labute approximate surface area is 177 Å². The number of nitrogens with zero attached hydrogens (tertiary/aromatic N) is 2. The fraction of sp³-hybridized carbons (Fsp3) is 0.421. The molecule has 148 valence electrons. The number of hydrogen-bond donors (Lipinski definition) is 3. The van der Waals surface area contributed by atoms with Gasteiger partial charge in [-0.15, -0.1) is 24.0 Å². The topological polar surface area (TPSA) is 91.5 Å². The predicted molar refractivity (Wildman–Crippen MR) is 117 cm³/mol. The Bertz CT molecular complexity index is 754. The van der Waals surface area contributed by atoms with E-state index in [2.05, 4.69) is 25.9 Å². The van der Waals surface area contributed by atoms with Crippen LogP contribution in [-0.4, -0.2) is 30.4 Å². The second kappa shape index (κ2) is 11.6. The first-order valence-electron chi connectivity index (χ1n) is 8.78. The summed E-state index contributed by atoms with van der Waals surface area (Å²) >= 11 is 0. The first kappa shape index (κ1) is 22.9. The quantitative estimate of drug-likeness (QED) is 0.319. The van der Waals surface area contributed by atoms with Gasteiger partial charge < -0.3 is 20.4 Å². The van der Waals surface area contributed by atoms with Crippen LogP contribution >= 0.6 is 24.0 Å². The Morgan fingerprint density at radius 3 is 2.56 bits per heavy atom. The molecule has 0 saturated carbocycles. The highest BCUT2D eigenvalue weighted by Gasteiger charge is 2.08. The lowest BCUT2D eigenvalue weighted by atomic mass is 10.1. The molecule has 0 spiro atoms. The van der Waals surface area contributed by atoms with Crippen molar-refractivity contribution in [3.05, 3.63) is 52.7 Å². The molecule has 0 aliphatic carbocycles. The van der Waals surface area contributed by atoms with Gasteiger partial charge in [0.05, 0.1) is 12.2 Å². The fourth-order valence-corrected chi connectivity index (χ4v) is 2.34. The number of nitrogens with one attached hydrogen (secondary N) is 3. The minimum atomic E-state index is -0.0501. The zero-order chi connectivity index (χ0) is 18.9. The summed E-state index contributed by atoms with van der Waals surface area (Å²) in [5.41, 5.74) is 2.55. The monoisotopic (exact) mass is 485 g/mol. The Hall–Kier alpha value is -2.10. The van der Waals surface area contributed by atoms with Crippen molar-refractivity contribution in [2.75, 3.05) is 13.6 Å². The van der Waals surface area contributed by atoms with Crippen LogP contribution < -0.4 is 16.0 Å². The Balaban J connectivity index is 0.00000364. The largest absolute Gasteiger partial charge is 0.444 e. The van der Waals surface area contributed by atoms with E-state index in [1.807, 2.05) is 45.0 Å². The molecule has 1 amide bonds. The van der Waals surface area contributed by atoms with Crippen LogP contribution in [0.1, 0.15) is 46.6 Å². The van der Waals surface area contributed by atoms with Gasteiger partial charge in [-0.25, -0.2) is 4.98 Å². The molecule has 0 aliphatic heterocycles. The number of oxazole rings is 1. The number of carbonyl (C=O) groups excluding carboxylic acids is 1. The van der Waals surface area contributed by atoms with Crippen molar-refractivity contribution in [1.29, 1.82) is 0 Å². The van der Waals surface area contributed by atoms with Gasteiger partial charge in [0.25, 0.3) is 5.91 Å². The summed E-state index contributed by atoms with van der Waals surface area (Å²) in [6, 6.07) is 7.55. The molecule has 2 aromatic rings. The van der Waals surface area contributed by atoms with Crippen LogP contribution in [0.25, 0.3) is 0 Å². The number of amides is 1. The summed E-state index contributed by atoms with van der Waals surface area (Å²) in [6.45, 7) is 7.52.